The average molecular weight is 273 g/mol. The first-order valence-electron chi connectivity index (χ1n) is 5.95. The summed E-state index contributed by atoms with van der Waals surface area (Å²) in [6, 6.07) is 3.12. The molecule has 0 saturated carbocycles. The van der Waals surface area contributed by atoms with Gasteiger partial charge in [0.1, 0.15) is 5.56 Å². The second kappa shape index (κ2) is 5.52. The first-order chi connectivity index (χ1) is 9.49. The minimum absolute atomic E-state index is 0.0756. The summed E-state index contributed by atoms with van der Waals surface area (Å²) >= 11 is 0. The fraction of sp³-hybridized carbons (Fsp3) is 0.231. The van der Waals surface area contributed by atoms with Crippen LogP contribution in [0, 0.1) is 0 Å². The summed E-state index contributed by atoms with van der Waals surface area (Å²) < 4.78 is 1.35. The third-order valence-electron chi connectivity index (χ3n) is 2.66. The van der Waals surface area contributed by atoms with Crippen molar-refractivity contribution < 1.29 is 4.79 Å². The number of nitrogens with zero attached hydrogens (tertiary/aromatic N) is 4. The molecule has 0 atom stereocenters. The highest BCUT2D eigenvalue weighted by molar-refractivity contribution is 6.03. The van der Waals surface area contributed by atoms with Crippen molar-refractivity contribution >= 4 is 17.5 Å². The van der Waals surface area contributed by atoms with Crippen LogP contribution < -0.4 is 15.8 Å². The van der Waals surface area contributed by atoms with Gasteiger partial charge in [0.05, 0.1) is 18.1 Å². The van der Waals surface area contributed by atoms with Gasteiger partial charge >= 0.3 is 0 Å². The molecule has 0 fully saturated rings. The molecule has 0 spiro atoms. The van der Waals surface area contributed by atoms with Crippen LogP contribution in [-0.4, -0.2) is 34.5 Å². The van der Waals surface area contributed by atoms with Crippen LogP contribution in [0.15, 0.2) is 35.5 Å². The molecule has 0 aliphatic carbocycles. The van der Waals surface area contributed by atoms with E-state index in [-0.39, 0.29) is 11.1 Å². The maximum atomic E-state index is 12.0. The first-order valence-corrected chi connectivity index (χ1v) is 5.95. The zero-order valence-electron chi connectivity index (χ0n) is 11.5. The van der Waals surface area contributed by atoms with Gasteiger partial charge in [-0.2, -0.15) is 0 Å². The highest BCUT2D eigenvalue weighted by Crippen LogP contribution is 2.08. The lowest BCUT2D eigenvalue weighted by Gasteiger charge is -2.10. The van der Waals surface area contributed by atoms with Crippen LogP contribution in [0.4, 0.5) is 11.6 Å². The van der Waals surface area contributed by atoms with Crippen LogP contribution in [0.5, 0.6) is 0 Å². The number of hydrogen-bond donors (Lipinski definition) is 1. The van der Waals surface area contributed by atoms with E-state index in [1.54, 1.807) is 24.2 Å². The number of nitrogens with one attached hydrogen (secondary N) is 1. The molecule has 0 radical (unpaired) electrons. The van der Waals surface area contributed by atoms with Crippen molar-refractivity contribution in [3.05, 3.63) is 46.6 Å². The van der Waals surface area contributed by atoms with Crippen molar-refractivity contribution in [1.29, 1.82) is 0 Å². The van der Waals surface area contributed by atoms with Gasteiger partial charge in [0.15, 0.2) is 0 Å². The molecular weight excluding hydrogens is 258 g/mol. The van der Waals surface area contributed by atoms with Gasteiger partial charge in [0.2, 0.25) is 5.95 Å². The molecule has 7 heteroatoms. The number of carbonyl (C=O) groups is 1. The molecule has 0 aromatic carbocycles. The van der Waals surface area contributed by atoms with Crippen LogP contribution in [0.2, 0.25) is 0 Å². The van der Waals surface area contributed by atoms with E-state index in [0.29, 0.717) is 11.6 Å². The van der Waals surface area contributed by atoms with Gasteiger partial charge in [-0.1, -0.05) is 0 Å². The smallest absolute Gasteiger partial charge is 0.263 e. The molecule has 0 saturated heterocycles. The predicted octanol–water partition coefficient (Wildman–Crippen LogP) is 0.494. The van der Waals surface area contributed by atoms with Crippen molar-refractivity contribution in [2.75, 3.05) is 24.3 Å². The lowest BCUT2D eigenvalue weighted by Crippen LogP contribution is -2.27. The molecule has 0 aliphatic heterocycles. The topological polar surface area (TPSA) is 80.1 Å². The molecule has 104 valence electrons. The maximum Gasteiger partial charge on any atom is 0.263 e. The molecule has 0 unspecified atom stereocenters. The number of aromatic nitrogens is 3. The van der Waals surface area contributed by atoms with Gasteiger partial charge in [-0.25, -0.2) is 9.97 Å². The Morgan fingerprint density at radius 3 is 2.55 bits per heavy atom. The van der Waals surface area contributed by atoms with E-state index < -0.39 is 5.91 Å². The predicted molar refractivity (Wildman–Crippen MR) is 76.0 cm³/mol. The van der Waals surface area contributed by atoms with Crippen LogP contribution in [0.25, 0.3) is 0 Å². The molecule has 0 bridgehead atoms. The molecule has 2 aromatic heterocycles. The van der Waals surface area contributed by atoms with Crippen molar-refractivity contribution in [2.45, 2.75) is 0 Å². The summed E-state index contributed by atoms with van der Waals surface area (Å²) in [5.41, 5.74) is 0.161. The SMILES string of the molecule is CN(C)c1ncc(NC(=O)c2cccn(C)c2=O)cn1. The summed E-state index contributed by atoms with van der Waals surface area (Å²) in [5, 5.41) is 2.60. The molecule has 20 heavy (non-hydrogen) atoms. The lowest BCUT2D eigenvalue weighted by molar-refractivity contribution is 0.102. The number of hydrogen-bond acceptors (Lipinski definition) is 5. The Morgan fingerprint density at radius 2 is 1.95 bits per heavy atom. The highest BCUT2D eigenvalue weighted by atomic mass is 16.2. The van der Waals surface area contributed by atoms with Gasteiger partial charge < -0.3 is 14.8 Å². The third-order valence-corrected chi connectivity index (χ3v) is 2.66. The van der Waals surface area contributed by atoms with E-state index in [1.807, 2.05) is 14.1 Å². The highest BCUT2D eigenvalue weighted by Gasteiger charge is 2.11. The van der Waals surface area contributed by atoms with Crippen molar-refractivity contribution in [1.82, 2.24) is 14.5 Å². The Hall–Kier alpha value is -2.70. The van der Waals surface area contributed by atoms with Crippen LogP contribution in [0.3, 0.4) is 0 Å². The maximum absolute atomic E-state index is 12.0. The lowest BCUT2D eigenvalue weighted by atomic mass is 10.2. The van der Waals surface area contributed by atoms with Crippen molar-refractivity contribution in [3.63, 3.8) is 0 Å². The summed E-state index contributed by atoms with van der Waals surface area (Å²) in [6.07, 6.45) is 4.58. The molecule has 0 aliphatic rings. The number of pyridine rings is 1. The molecule has 2 aromatic rings. The Balaban J connectivity index is 2.19. The number of rotatable bonds is 3. The minimum Gasteiger partial charge on any atom is -0.347 e. The molecule has 2 heterocycles. The first kappa shape index (κ1) is 13.7. The van der Waals surface area contributed by atoms with Gasteiger partial charge in [-0.05, 0) is 12.1 Å². The summed E-state index contributed by atoms with van der Waals surface area (Å²) in [4.78, 5) is 33.7. The fourth-order valence-electron chi connectivity index (χ4n) is 1.59. The van der Waals surface area contributed by atoms with E-state index in [2.05, 4.69) is 15.3 Å². The van der Waals surface area contributed by atoms with E-state index in [1.165, 1.54) is 23.0 Å². The Kier molecular flexibility index (Phi) is 3.79. The molecule has 1 N–H and O–H groups in total. The number of amides is 1. The van der Waals surface area contributed by atoms with Crippen LogP contribution >= 0.6 is 0 Å². The quantitative estimate of drug-likeness (QED) is 0.880. The van der Waals surface area contributed by atoms with E-state index >= 15 is 0 Å². The Bertz CT molecular complexity index is 676. The molecular formula is C13H15N5O2. The summed E-state index contributed by atoms with van der Waals surface area (Å²) in [7, 11) is 5.23. The van der Waals surface area contributed by atoms with E-state index in [0.717, 1.165) is 0 Å². The van der Waals surface area contributed by atoms with Gasteiger partial charge in [0, 0.05) is 27.3 Å². The second-order valence-electron chi connectivity index (χ2n) is 4.46. The normalized spacial score (nSPS) is 10.2. The van der Waals surface area contributed by atoms with Crippen LogP contribution in [-0.2, 0) is 7.05 Å². The fourth-order valence-corrected chi connectivity index (χ4v) is 1.59. The van der Waals surface area contributed by atoms with E-state index in [9.17, 15) is 9.59 Å². The van der Waals surface area contributed by atoms with Crippen molar-refractivity contribution in [3.8, 4) is 0 Å². The Morgan fingerprint density at radius 1 is 1.30 bits per heavy atom. The summed E-state index contributed by atoms with van der Waals surface area (Å²) in [5.74, 6) is 0.0611. The Labute approximate surface area is 115 Å². The molecule has 7 nitrogen and oxygen atoms in total. The monoisotopic (exact) mass is 273 g/mol. The van der Waals surface area contributed by atoms with Gasteiger partial charge in [0.25, 0.3) is 11.5 Å². The summed E-state index contributed by atoms with van der Waals surface area (Å²) in [6.45, 7) is 0. The zero-order chi connectivity index (χ0) is 14.7. The standard InChI is InChI=1S/C13H15N5O2/c1-17(2)13-14-7-9(8-15-13)16-11(19)10-5-4-6-18(3)12(10)20/h4-8H,1-3H3,(H,16,19). The number of aryl methyl sites for hydroxylation is 1. The second-order valence-corrected chi connectivity index (χ2v) is 4.46. The third kappa shape index (κ3) is 2.82. The minimum atomic E-state index is -0.479. The number of anilines is 2. The molecule has 2 rings (SSSR count). The van der Waals surface area contributed by atoms with Gasteiger partial charge in [-0.15, -0.1) is 0 Å². The number of carbonyl (C=O) groups excluding carboxylic acids is 1. The van der Waals surface area contributed by atoms with E-state index in [4.69, 9.17) is 0 Å². The average Bonchev–Trinajstić information content (AvgIpc) is 2.42. The zero-order valence-corrected chi connectivity index (χ0v) is 11.5. The van der Waals surface area contributed by atoms with Crippen molar-refractivity contribution in [2.24, 2.45) is 7.05 Å². The molecule has 1 amide bonds. The largest absolute Gasteiger partial charge is 0.347 e. The van der Waals surface area contributed by atoms with Crippen LogP contribution in [0.1, 0.15) is 10.4 Å². The van der Waals surface area contributed by atoms with Gasteiger partial charge in [-0.3, -0.25) is 9.59 Å².